The van der Waals surface area contributed by atoms with Crippen LogP contribution < -0.4 is 0 Å². The van der Waals surface area contributed by atoms with Crippen molar-refractivity contribution < 1.29 is 15.0 Å². The predicted octanol–water partition coefficient (Wildman–Crippen LogP) is 1.24. The van der Waals surface area contributed by atoms with E-state index >= 15 is 0 Å². The molecule has 1 aromatic heterocycles. The Kier molecular flexibility index (Phi) is 3.23. The summed E-state index contributed by atoms with van der Waals surface area (Å²) in [4.78, 5) is 21.7. The molecule has 1 aromatic carbocycles. The second-order valence-electron chi connectivity index (χ2n) is 5.09. The van der Waals surface area contributed by atoms with E-state index < -0.39 is 5.97 Å². The van der Waals surface area contributed by atoms with Gasteiger partial charge in [-0.15, -0.1) is 0 Å². The van der Waals surface area contributed by atoms with Gasteiger partial charge in [-0.25, -0.2) is 9.97 Å². The molecular weight excluding hydrogens is 258 g/mol. The van der Waals surface area contributed by atoms with Crippen molar-refractivity contribution >= 4 is 16.9 Å². The van der Waals surface area contributed by atoms with Crippen LogP contribution in [0.3, 0.4) is 0 Å². The molecule has 1 saturated heterocycles. The lowest BCUT2D eigenvalue weighted by atomic mass is 10.1. The topological polar surface area (TPSA) is 86.5 Å². The van der Waals surface area contributed by atoms with Crippen molar-refractivity contribution in [2.24, 2.45) is 5.92 Å². The summed E-state index contributed by atoms with van der Waals surface area (Å²) in [7, 11) is 0. The number of aromatic hydroxyl groups is 1. The van der Waals surface area contributed by atoms with Gasteiger partial charge in [-0.3, -0.25) is 9.69 Å². The molecule has 0 spiro atoms. The highest BCUT2D eigenvalue weighted by molar-refractivity contribution is 5.79. The van der Waals surface area contributed by atoms with Crippen molar-refractivity contribution in [3.8, 4) is 5.75 Å². The van der Waals surface area contributed by atoms with Crippen LogP contribution in [-0.2, 0) is 11.3 Å². The number of likely N-dealkylation sites (tertiary alicyclic amines) is 1. The first-order valence-electron chi connectivity index (χ1n) is 6.51. The quantitative estimate of drug-likeness (QED) is 0.875. The third-order valence-corrected chi connectivity index (χ3v) is 3.60. The molecule has 1 fully saturated rings. The van der Waals surface area contributed by atoms with Crippen LogP contribution in [-0.4, -0.2) is 44.1 Å². The molecule has 2 heterocycles. The number of hydrogen-bond acceptors (Lipinski definition) is 5. The number of aliphatic carboxylic acids is 1. The SMILES string of the molecule is O=C(O)[C@@H]1CCN(Cc2ncc3cc(O)ccc3n2)C1. The summed E-state index contributed by atoms with van der Waals surface area (Å²) in [6, 6.07) is 4.96. The standard InChI is InChI=1S/C14H15N3O3/c18-11-1-2-12-10(5-11)6-15-13(16-12)8-17-4-3-9(7-17)14(19)20/h1-2,5-6,9,18H,3-4,7-8H2,(H,19,20)/t9-/m1/s1. The Hall–Kier alpha value is -2.21. The molecule has 6 nitrogen and oxygen atoms in total. The number of benzene rings is 1. The molecule has 0 radical (unpaired) electrons. The molecule has 0 saturated carbocycles. The van der Waals surface area contributed by atoms with E-state index in [2.05, 4.69) is 14.9 Å². The number of carboxylic acids is 1. The van der Waals surface area contributed by atoms with Gasteiger partial charge in [0.1, 0.15) is 11.6 Å². The average Bonchev–Trinajstić information content (AvgIpc) is 2.88. The lowest BCUT2D eigenvalue weighted by Gasteiger charge is -2.14. The Balaban J connectivity index is 1.75. The van der Waals surface area contributed by atoms with Crippen molar-refractivity contribution in [3.05, 3.63) is 30.2 Å². The predicted molar refractivity (Wildman–Crippen MR) is 72.2 cm³/mol. The Morgan fingerprint density at radius 1 is 1.45 bits per heavy atom. The molecule has 20 heavy (non-hydrogen) atoms. The van der Waals surface area contributed by atoms with Crippen molar-refractivity contribution in [1.82, 2.24) is 14.9 Å². The molecule has 2 N–H and O–H groups in total. The zero-order valence-corrected chi connectivity index (χ0v) is 10.9. The summed E-state index contributed by atoms with van der Waals surface area (Å²) >= 11 is 0. The second-order valence-corrected chi connectivity index (χ2v) is 5.09. The minimum Gasteiger partial charge on any atom is -0.508 e. The number of fused-ring (bicyclic) bond motifs is 1. The van der Waals surface area contributed by atoms with Crippen molar-refractivity contribution in [1.29, 1.82) is 0 Å². The highest BCUT2D eigenvalue weighted by Crippen LogP contribution is 2.20. The van der Waals surface area contributed by atoms with Gasteiger partial charge in [0.15, 0.2) is 0 Å². The summed E-state index contributed by atoms with van der Waals surface area (Å²) in [6.45, 7) is 1.86. The molecule has 1 aliphatic rings. The first-order chi connectivity index (χ1) is 9.61. The van der Waals surface area contributed by atoms with Gasteiger partial charge in [-0.2, -0.15) is 0 Å². The van der Waals surface area contributed by atoms with Crippen LogP contribution in [0.15, 0.2) is 24.4 Å². The molecule has 0 aliphatic carbocycles. The van der Waals surface area contributed by atoms with E-state index in [1.165, 1.54) is 0 Å². The fourth-order valence-electron chi connectivity index (χ4n) is 2.51. The average molecular weight is 273 g/mol. The largest absolute Gasteiger partial charge is 0.508 e. The molecule has 104 valence electrons. The zero-order valence-electron chi connectivity index (χ0n) is 10.9. The van der Waals surface area contributed by atoms with Crippen LogP contribution in [0.5, 0.6) is 5.75 Å². The van der Waals surface area contributed by atoms with Gasteiger partial charge in [0.05, 0.1) is 18.0 Å². The molecule has 0 unspecified atom stereocenters. The number of hydrogen-bond donors (Lipinski definition) is 2. The molecule has 1 aliphatic heterocycles. The Morgan fingerprint density at radius 2 is 2.30 bits per heavy atom. The lowest BCUT2D eigenvalue weighted by Crippen LogP contribution is -2.23. The number of phenols is 1. The van der Waals surface area contributed by atoms with Gasteiger partial charge in [-0.05, 0) is 31.2 Å². The van der Waals surface area contributed by atoms with Crippen molar-refractivity contribution in [2.75, 3.05) is 13.1 Å². The summed E-state index contributed by atoms with van der Waals surface area (Å²) < 4.78 is 0. The summed E-state index contributed by atoms with van der Waals surface area (Å²) in [5, 5.41) is 19.2. The minimum atomic E-state index is -0.734. The highest BCUT2D eigenvalue weighted by atomic mass is 16.4. The number of rotatable bonds is 3. The number of phenolic OH excluding ortho intramolecular Hbond substituents is 1. The van der Waals surface area contributed by atoms with Crippen molar-refractivity contribution in [3.63, 3.8) is 0 Å². The van der Waals surface area contributed by atoms with Gasteiger partial charge >= 0.3 is 5.97 Å². The molecule has 2 aromatic rings. The number of aromatic nitrogens is 2. The van der Waals surface area contributed by atoms with E-state index in [-0.39, 0.29) is 11.7 Å². The van der Waals surface area contributed by atoms with Gasteiger partial charge in [0.25, 0.3) is 0 Å². The second kappa shape index (κ2) is 5.05. The molecule has 6 heteroatoms. The Bertz CT molecular complexity index is 659. The summed E-state index contributed by atoms with van der Waals surface area (Å²) in [5.41, 5.74) is 0.779. The van der Waals surface area contributed by atoms with E-state index in [9.17, 15) is 9.90 Å². The van der Waals surface area contributed by atoms with Crippen molar-refractivity contribution in [2.45, 2.75) is 13.0 Å². The fourth-order valence-corrected chi connectivity index (χ4v) is 2.51. The Labute approximate surface area is 115 Å². The maximum absolute atomic E-state index is 10.9. The lowest BCUT2D eigenvalue weighted by molar-refractivity contribution is -0.141. The van der Waals surface area contributed by atoms with E-state index in [0.29, 0.717) is 25.3 Å². The minimum absolute atomic E-state index is 0.192. The normalized spacial score (nSPS) is 19.5. The first kappa shape index (κ1) is 12.8. The van der Waals surface area contributed by atoms with Crippen LogP contribution in [0.2, 0.25) is 0 Å². The third kappa shape index (κ3) is 2.55. The van der Waals surface area contributed by atoms with Crippen LogP contribution >= 0.6 is 0 Å². The number of nitrogens with zero attached hydrogens (tertiary/aromatic N) is 3. The first-order valence-corrected chi connectivity index (χ1v) is 6.51. The smallest absolute Gasteiger partial charge is 0.307 e. The van der Waals surface area contributed by atoms with E-state index in [1.807, 2.05) is 0 Å². The molecule has 0 amide bonds. The molecule has 1 atom stereocenters. The van der Waals surface area contributed by atoms with Crippen LogP contribution in [0.25, 0.3) is 10.9 Å². The summed E-state index contributed by atoms with van der Waals surface area (Å²) in [6.07, 6.45) is 2.36. The number of carboxylic acid groups (broad SMARTS) is 1. The van der Waals surface area contributed by atoms with Gasteiger partial charge < -0.3 is 10.2 Å². The fraction of sp³-hybridized carbons (Fsp3) is 0.357. The van der Waals surface area contributed by atoms with E-state index in [0.717, 1.165) is 17.4 Å². The molecule has 0 bridgehead atoms. The Morgan fingerprint density at radius 3 is 3.05 bits per heavy atom. The monoisotopic (exact) mass is 273 g/mol. The van der Waals surface area contributed by atoms with Gasteiger partial charge in [0, 0.05) is 18.1 Å². The molecule has 3 rings (SSSR count). The van der Waals surface area contributed by atoms with Crippen LogP contribution in [0.1, 0.15) is 12.2 Å². The van der Waals surface area contributed by atoms with E-state index in [4.69, 9.17) is 5.11 Å². The van der Waals surface area contributed by atoms with Crippen LogP contribution in [0.4, 0.5) is 0 Å². The number of carbonyl (C=O) groups is 1. The third-order valence-electron chi connectivity index (χ3n) is 3.60. The zero-order chi connectivity index (χ0) is 14.1. The van der Waals surface area contributed by atoms with E-state index in [1.54, 1.807) is 24.4 Å². The summed E-state index contributed by atoms with van der Waals surface area (Å²) in [5.74, 6) is -0.151. The highest BCUT2D eigenvalue weighted by Gasteiger charge is 2.28. The molecular formula is C14H15N3O3. The maximum Gasteiger partial charge on any atom is 0.307 e. The van der Waals surface area contributed by atoms with Gasteiger partial charge in [-0.1, -0.05) is 0 Å². The maximum atomic E-state index is 10.9. The van der Waals surface area contributed by atoms with Crippen LogP contribution in [0, 0.1) is 5.92 Å². The van der Waals surface area contributed by atoms with Gasteiger partial charge in [0.2, 0.25) is 0 Å².